The molecule has 2 aromatic rings. The molecule has 90 valence electrons. The Morgan fingerprint density at radius 3 is 2.71 bits per heavy atom. The van der Waals surface area contributed by atoms with Crippen LogP contribution in [0.3, 0.4) is 0 Å². The van der Waals surface area contributed by atoms with Gasteiger partial charge >= 0.3 is 0 Å². The van der Waals surface area contributed by atoms with Gasteiger partial charge in [-0.1, -0.05) is 11.6 Å². The zero-order valence-corrected chi connectivity index (χ0v) is 11.3. The zero-order chi connectivity index (χ0) is 12.6. The number of halogens is 3. The van der Waals surface area contributed by atoms with Gasteiger partial charge in [0.05, 0.1) is 12.3 Å². The van der Waals surface area contributed by atoms with E-state index in [4.69, 9.17) is 21.8 Å². The van der Waals surface area contributed by atoms with E-state index in [9.17, 15) is 4.39 Å². The Bertz CT molecular complexity index is 555. The predicted molar refractivity (Wildman–Crippen MR) is 68.6 cm³/mol. The second-order valence-electron chi connectivity index (χ2n) is 3.75. The first kappa shape index (κ1) is 12.6. The summed E-state index contributed by atoms with van der Waals surface area (Å²) in [6.07, 6.45) is 1.53. The van der Waals surface area contributed by atoms with Crippen LogP contribution in [0.5, 0.6) is 0 Å². The van der Waals surface area contributed by atoms with Gasteiger partial charge in [-0.25, -0.2) is 4.39 Å². The topological polar surface area (TPSA) is 39.2 Å². The molecule has 2 N–H and O–H groups in total. The number of aryl methyl sites for hydroxylation is 1. The second-order valence-corrected chi connectivity index (χ2v) is 4.88. The van der Waals surface area contributed by atoms with E-state index in [1.54, 1.807) is 19.1 Å². The smallest absolute Gasteiger partial charge is 0.174 e. The third-order valence-corrected chi connectivity index (χ3v) is 3.57. The van der Waals surface area contributed by atoms with Gasteiger partial charge in [-0.3, -0.25) is 0 Å². The molecule has 0 bridgehead atoms. The highest BCUT2D eigenvalue weighted by Gasteiger charge is 2.18. The van der Waals surface area contributed by atoms with Crippen molar-refractivity contribution in [1.82, 2.24) is 0 Å². The van der Waals surface area contributed by atoms with E-state index in [-0.39, 0.29) is 5.82 Å². The highest BCUT2D eigenvalue weighted by atomic mass is 79.9. The van der Waals surface area contributed by atoms with Gasteiger partial charge in [-0.2, -0.15) is 0 Å². The summed E-state index contributed by atoms with van der Waals surface area (Å²) in [6.45, 7) is 1.67. The van der Waals surface area contributed by atoms with Crippen LogP contribution in [-0.4, -0.2) is 0 Å². The number of rotatable bonds is 2. The van der Waals surface area contributed by atoms with Crippen molar-refractivity contribution in [1.29, 1.82) is 0 Å². The molecular formula is C12H10BrClFNO. The molecule has 1 unspecified atom stereocenters. The number of hydrogen-bond donors (Lipinski definition) is 1. The first-order valence-corrected chi connectivity index (χ1v) is 6.12. The van der Waals surface area contributed by atoms with Gasteiger partial charge in [0.25, 0.3) is 0 Å². The summed E-state index contributed by atoms with van der Waals surface area (Å²) in [5, 5.41) is 0.314. The zero-order valence-electron chi connectivity index (χ0n) is 9.01. The van der Waals surface area contributed by atoms with E-state index < -0.39 is 6.04 Å². The van der Waals surface area contributed by atoms with Crippen molar-refractivity contribution in [3.05, 3.63) is 56.7 Å². The number of nitrogens with two attached hydrogens (primary N) is 1. The molecule has 0 spiro atoms. The monoisotopic (exact) mass is 317 g/mol. The molecule has 0 aliphatic heterocycles. The van der Waals surface area contributed by atoms with Gasteiger partial charge in [-0.05, 0) is 52.2 Å². The first-order chi connectivity index (χ1) is 8.00. The van der Waals surface area contributed by atoms with Crippen molar-refractivity contribution in [2.75, 3.05) is 0 Å². The summed E-state index contributed by atoms with van der Waals surface area (Å²) in [4.78, 5) is 0. The maximum Gasteiger partial charge on any atom is 0.174 e. The molecule has 0 aliphatic carbocycles. The third kappa shape index (κ3) is 2.39. The summed E-state index contributed by atoms with van der Waals surface area (Å²) in [5.41, 5.74) is 8.05. The SMILES string of the molecule is Cc1cc(C(N)c2ccoc2Br)c(Cl)cc1F. The van der Waals surface area contributed by atoms with Crippen molar-refractivity contribution in [3.63, 3.8) is 0 Å². The van der Waals surface area contributed by atoms with E-state index in [2.05, 4.69) is 15.9 Å². The lowest BCUT2D eigenvalue weighted by atomic mass is 10.00. The maximum atomic E-state index is 13.3. The fraction of sp³-hybridized carbons (Fsp3) is 0.167. The molecule has 0 fully saturated rings. The van der Waals surface area contributed by atoms with E-state index in [1.807, 2.05) is 0 Å². The Morgan fingerprint density at radius 1 is 1.41 bits per heavy atom. The summed E-state index contributed by atoms with van der Waals surface area (Å²) in [5.74, 6) is -0.336. The average Bonchev–Trinajstić information content (AvgIpc) is 2.69. The molecule has 0 aliphatic rings. The van der Waals surface area contributed by atoms with Gasteiger partial charge in [0, 0.05) is 10.6 Å². The molecule has 17 heavy (non-hydrogen) atoms. The lowest BCUT2D eigenvalue weighted by molar-refractivity contribution is 0.534. The van der Waals surface area contributed by atoms with Crippen molar-refractivity contribution in [2.24, 2.45) is 5.73 Å². The quantitative estimate of drug-likeness (QED) is 0.901. The second kappa shape index (κ2) is 4.80. The summed E-state index contributed by atoms with van der Waals surface area (Å²) in [6, 6.07) is 4.24. The van der Waals surface area contributed by atoms with Crippen LogP contribution in [0.25, 0.3) is 0 Å². The molecule has 1 heterocycles. The van der Waals surface area contributed by atoms with Gasteiger partial charge in [0.2, 0.25) is 0 Å². The first-order valence-electron chi connectivity index (χ1n) is 4.94. The molecule has 2 rings (SSSR count). The minimum absolute atomic E-state index is 0.314. The van der Waals surface area contributed by atoms with Crippen molar-refractivity contribution >= 4 is 27.5 Å². The Balaban J connectivity index is 2.48. The lowest BCUT2D eigenvalue weighted by Crippen LogP contribution is -2.12. The highest BCUT2D eigenvalue weighted by molar-refractivity contribution is 9.10. The van der Waals surface area contributed by atoms with Crippen LogP contribution < -0.4 is 5.73 Å². The number of hydrogen-bond acceptors (Lipinski definition) is 2. The Labute approximate surface area is 112 Å². The molecule has 1 aromatic heterocycles. The molecule has 1 atom stereocenters. The minimum atomic E-state index is -0.449. The number of benzene rings is 1. The highest BCUT2D eigenvalue weighted by Crippen LogP contribution is 2.32. The Morgan fingerprint density at radius 2 is 2.12 bits per heavy atom. The van der Waals surface area contributed by atoms with Gasteiger partial charge in [0.15, 0.2) is 4.67 Å². The fourth-order valence-corrected chi connectivity index (χ4v) is 2.37. The van der Waals surface area contributed by atoms with Crippen molar-refractivity contribution < 1.29 is 8.81 Å². The lowest BCUT2D eigenvalue weighted by Gasteiger charge is -2.14. The van der Waals surface area contributed by atoms with Crippen LogP contribution >= 0.6 is 27.5 Å². The molecule has 0 amide bonds. The van der Waals surface area contributed by atoms with Gasteiger partial charge in [0.1, 0.15) is 5.82 Å². The summed E-state index contributed by atoms with van der Waals surface area (Å²) >= 11 is 9.26. The Kier molecular flexibility index (Phi) is 3.56. The van der Waals surface area contributed by atoms with Gasteiger partial charge < -0.3 is 10.2 Å². The number of furan rings is 1. The summed E-state index contributed by atoms with van der Waals surface area (Å²) in [7, 11) is 0. The third-order valence-electron chi connectivity index (χ3n) is 2.59. The fourth-order valence-electron chi connectivity index (χ4n) is 1.61. The van der Waals surface area contributed by atoms with Crippen molar-refractivity contribution in [3.8, 4) is 0 Å². The van der Waals surface area contributed by atoms with Crippen LogP contribution in [0.2, 0.25) is 5.02 Å². The van der Waals surface area contributed by atoms with Crippen LogP contribution in [0, 0.1) is 12.7 Å². The van der Waals surface area contributed by atoms with E-state index in [0.29, 0.717) is 20.8 Å². The van der Waals surface area contributed by atoms with E-state index >= 15 is 0 Å². The maximum absolute atomic E-state index is 13.3. The molecule has 1 aromatic carbocycles. The van der Waals surface area contributed by atoms with Crippen LogP contribution in [0.1, 0.15) is 22.7 Å². The van der Waals surface area contributed by atoms with E-state index in [1.165, 1.54) is 12.3 Å². The van der Waals surface area contributed by atoms with E-state index in [0.717, 1.165) is 5.56 Å². The normalized spacial score (nSPS) is 12.8. The van der Waals surface area contributed by atoms with Crippen molar-refractivity contribution in [2.45, 2.75) is 13.0 Å². The predicted octanol–water partition coefficient (Wildman–Crippen LogP) is 4.19. The molecular weight excluding hydrogens is 308 g/mol. The molecule has 0 saturated heterocycles. The molecule has 2 nitrogen and oxygen atoms in total. The van der Waals surface area contributed by atoms with Crippen LogP contribution in [0.15, 0.2) is 33.5 Å². The standard InChI is InChI=1S/C12H10BrClFNO/c1-6-4-8(9(14)5-10(6)15)11(16)7-2-3-17-12(7)13/h2-5,11H,16H2,1H3. The Hall–Kier alpha value is -0.840. The van der Waals surface area contributed by atoms with Gasteiger partial charge in [-0.15, -0.1) is 0 Å². The van der Waals surface area contributed by atoms with Crippen LogP contribution in [0.4, 0.5) is 4.39 Å². The average molecular weight is 319 g/mol. The van der Waals surface area contributed by atoms with Crippen LogP contribution in [-0.2, 0) is 0 Å². The molecule has 5 heteroatoms. The largest absolute Gasteiger partial charge is 0.457 e. The molecule has 0 saturated carbocycles. The minimum Gasteiger partial charge on any atom is -0.457 e. The summed E-state index contributed by atoms with van der Waals surface area (Å²) < 4.78 is 19.0. The molecule has 0 radical (unpaired) electrons.